The topological polar surface area (TPSA) is 60.5 Å². The van der Waals surface area contributed by atoms with Gasteiger partial charge in [0, 0.05) is 49.9 Å². The van der Waals surface area contributed by atoms with Crippen molar-refractivity contribution in [2.75, 3.05) is 58.2 Å². The summed E-state index contributed by atoms with van der Waals surface area (Å²) in [4.78, 5) is 20.7. The van der Waals surface area contributed by atoms with E-state index < -0.39 is 0 Å². The Balaban J connectivity index is 1.72. The highest BCUT2D eigenvalue weighted by atomic mass is 79.9. The lowest BCUT2D eigenvalue weighted by atomic mass is 10.3. The Morgan fingerprint density at radius 3 is 2.71 bits per heavy atom. The molecule has 0 aromatic carbocycles. The highest BCUT2D eigenvalue weighted by Crippen LogP contribution is 2.12. The van der Waals surface area contributed by atoms with Crippen LogP contribution in [0.15, 0.2) is 22.8 Å². The smallest absolute Gasteiger partial charge is 0.239 e. The number of likely N-dealkylation sites (N-methyl/N-ethyl adjacent to an activating group) is 1. The second kappa shape index (κ2) is 8.43. The highest BCUT2D eigenvalue weighted by molar-refractivity contribution is 9.10. The van der Waals surface area contributed by atoms with E-state index in [4.69, 9.17) is 0 Å². The summed E-state index contributed by atoms with van der Waals surface area (Å²) in [5.41, 5.74) is 0. The van der Waals surface area contributed by atoms with Gasteiger partial charge in [-0.3, -0.25) is 14.6 Å². The fraction of sp³-hybridized carbons (Fsp3) is 0.571. The van der Waals surface area contributed by atoms with Crippen LogP contribution in [0.25, 0.3) is 0 Å². The van der Waals surface area contributed by atoms with Crippen molar-refractivity contribution in [2.24, 2.45) is 0 Å². The van der Waals surface area contributed by atoms with Crippen LogP contribution >= 0.6 is 15.9 Å². The number of amides is 1. The highest BCUT2D eigenvalue weighted by Gasteiger charge is 2.18. The average molecular weight is 356 g/mol. The van der Waals surface area contributed by atoms with Crippen LogP contribution in [-0.2, 0) is 4.79 Å². The molecule has 1 fully saturated rings. The molecule has 6 nitrogen and oxygen atoms in total. The molecule has 0 unspecified atom stereocenters. The minimum absolute atomic E-state index is 0.00993. The maximum absolute atomic E-state index is 12.0. The molecule has 2 rings (SSSR count). The van der Waals surface area contributed by atoms with E-state index in [-0.39, 0.29) is 5.91 Å². The maximum Gasteiger partial charge on any atom is 0.239 e. The van der Waals surface area contributed by atoms with Gasteiger partial charge in [0.1, 0.15) is 5.82 Å². The van der Waals surface area contributed by atoms with Crippen LogP contribution in [0.1, 0.15) is 0 Å². The van der Waals surface area contributed by atoms with Gasteiger partial charge in [0.25, 0.3) is 0 Å². The van der Waals surface area contributed by atoms with Gasteiger partial charge in [-0.05, 0) is 19.2 Å². The molecule has 1 aliphatic heterocycles. The number of hydrogen-bond acceptors (Lipinski definition) is 5. The van der Waals surface area contributed by atoms with Crippen molar-refractivity contribution in [3.05, 3.63) is 22.8 Å². The summed E-state index contributed by atoms with van der Waals surface area (Å²) in [6, 6.07) is 3.63. The normalized spacial score (nSPS) is 16.9. The van der Waals surface area contributed by atoms with Crippen LogP contribution in [0.2, 0.25) is 0 Å². The molecule has 7 heteroatoms. The lowest BCUT2D eigenvalue weighted by molar-refractivity contribution is -0.117. The van der Waals surface area contributed by atoms with Crippen molar-refractivity contribution in [3.63, 3.8) is 0 Å². The van der Waals surface area contributed by atoms with E-state index in [0.717, 1.165) is 43.7 Å². The Morgan fingerprint density at radius 2 is 2.05 bits per heavy atom. The second-order valence-electron chi connectivity index (χ2n) is 5.13. The van der Waals surface area contributed by atoms with Crippen molar-refractivity contribution >= 4 is 27.7 Å². The Bertz CT molecular complexity index is 462. The predicted molar refractivity (Wildman–Crippen MR) is 87.4 cm³/mol. The van der Waals surface area contributed by atoms with Crippen molar-refractivity contribution in [3.8, 4) is 0 Å². The lowest BCUT2D eigenvalue weighted by Gasteiger charge is -2.34. The molecule has 1 saturated heterocycles. The van der Waals surface area contributed by atoms with E-state index in [9.17, 15) is 4.79 Å². The first-order valence-electron chi connectivity index (χ1n) is 7.18. The number of carbonyl (C=O) groups is 1. The number of anilines is 1. The van der Waals surface area contributed by atoms with E-state index in [0.29, 0.717) is 12.4 Å². The summed E-state index contributed by atoms with van der Waals surface area (Å²) in [7, 11) is 1.97. The van der Waals surface area contributed by atoms with Crippen molar-refractivity contribution in [1.82, 2.24) is 20.1 Å². The first-order valence-corrected chi connectivity index (χ1v) is 7.97. The maximum atomic E-state index is 12.0. The van der Waals surface area contributed by atoms with E-state index in [2.05, 4.69) is 41.3 Å². The molecule has 0 bridgehead atoms. The number of aromatic nitrogens is 1. The zero-order valence-electron chi connectivity index (χ0n) is 12.3. The van der Waals surface area contributed by atoms with Gasteiger partial charge in [0.2, 0.25) is 5.91 Å². The van der Waals surface area contributed by atoms with E-state index in [1.807, 2.05) is 13.1 Å². The van der Waals surface area contributed by atoms with Crippen LogP contribution in [0.4, 0.5) is 5.82 Å². The number of carbonyl (C=O) groups excluding carboxylic acids is 1. The number of halogens is 1. The summed E-state index contributed by atoms with van der Waals surface area (Å²) >= 11 is 3.37. The molecule has 0 spiro atoms. The SMILES string of the molecule is CNCCN1CCN(CC(=O)Nc2cc(Br)ccn2)CC1. The average Bonchev–Trinajstić information content (AvgIpc) is 2.46. The van der Waals surface area contributed by atoms with E-state index in [1.54, 1.807) is 12.3 Å². The van der Waals surface area contributed by atoms with E-state index in [1.165, 1.54) is 0 Å². The summed E-state index contributed by atoms with van der Waals surface area (Å²) in [6.07, 6.45) is 1.67. The number of hydrogen-bond donors (Lipinski definition) is 2. The molecule has 1 aromatic heterocycles. The molecule has 2 heterocycles. The molecule has 21 heavy (non-hydrogen) atoms. The third-order valence-corrected chi connectivity index (χ3v) is 3.99. The molecule has 116 valence electrons. The molecular weight excluding hydrogens is 334 g/mol. The molecular formula is C14H22BrN5O. The first kappa shape index (κ1) is 16.4. The van der Waals surface area contributed by atoms with Crippen LogP contribution in [0.5, 0.6) is 0 Å². The summed E-state index contributed by atoms with van der Waals surface area (Å²) in [5.74, 6) is 0.575. The molecule has 1 aliphatic rings. The zero-order chi connectivity index (χ0) is 15.1. The van der Waals surface area contributed by atoms with Crippen molar-refractivity contribution < 1.29 is 4.79 Å². The molecule has 1 aromatic rings. The van der Waals surface area contributed by atoms with Crippen molar-refractivity contribution in [2.45, 2.75) is 0 Å². The fourth-order valence-electron chi connectivity index (χ4n) is 2.30. The van der Waals surface area contributed by atoms with Gasteiger partial charge in [-0.15, -0.1) is 0 Å². The van der Waals surface area contributed by atoms with Crippen LogP contribution in [-0.4, -0.2) is 73.6 Å². The Labute approximate surface area is 134 Å². The van der Waals surface area contributed by atoms with Gasteiger partial charge >= 0.3 is 0 Å². The largest absolute Gasteiger partial charge is 0.318 e. The number of pyridine rings is 1. The molecule has 1 amide bonds. The Hall–Kier alpha value is -1.02. The third kappa shape index (κ3) is 5.70. The number of nitrogens with one attached hydrogen (secondary N) is 2. The second-order valence-corrected chi connectivity index (χ2v) is 6.04. The van der Waals surface area contributed by atoms with Gasteiger partial charge in [-0.1, -0.05) is 15.9 Å². The standard InChI is InChI=1S/C14H22BrN5O/c1-16-4-5-19-6-8-20(9-7-19)11-14(21)18-13-10-12(15)2-3-17-13/h2-3,10,16H,4-9,11H2,1H3,(H,17,18,21). The Kier molecular flexibility index (Phi) is 6.56. The molecule has 0 saturated carbocycles. The lowest BCUT2D eigenvalue weighted by Crippen LogP contribution is -2.49. The van der Waals surface area contributed by atoms with Crippen LogP contribution in [0, 0.1) is 0 Å². The summed E-state index contributed by atoms with van der Waals surface area (Å²) in [5, 5.41) is 5.99. The van der Waals surface area contributed by atoms with Gasteiger partial charge in [-0.25, -0.2) is 4.98 Å². The van der Waals surface area contributed by atoms with Gasteiger partial charge in [-0.2, -0.15) is 0 Å². The van der Waals surface area contributed by atoms with Gasteiger partial charge in [0.15, 0.2) is 0 Å². The van der Waals surface area contributed by atoms with Crippen molar-refractivity contribution in [1.29, 1.82) is 0 Å². The van der Waals surface area contributed by atoms with E-state index >= 15 is 0 Å². The van der Waals surface area contributed by atoms with Crippen LogP contribution in [0.3, 0.4) is 0 Å². The van der Waals surface area contributed by atoms with Gasteiger partial charge in [0.05, 0.1) is 6.54 Å². The third-order valence-electron chi connectivity index (χ3n) is 3.50. The number of nitrogens with zero attached hydrogens (tertiary/aromatic N) is 3. The molecule has 0 atom stereocenters. The van der Waals surface area contributed by atoms with Crippen LogP contribution < -0.4 is 10.6 Å². The monoisotopic (exact) mass is 355 g/mol. The quantitative estimate of drug-likeness (QED) is 0.783. The first-order chi connectivity index (χ1) is 10.2. The van der Waals surface area contributed by atoms with Gasteiger partial charge < -0.3 is 10.6 Å². The molecule has 0 aliphatic carbocycles. The fourth-order valence-corrected chi connectivity index (χ4v) is 2.63. The zero-order valence-corrected chi connectivity index (χ0v) is 13.9. The molecule has 2 N–H and O–H groups in total. The summed E-state index contributed by atoms with van der Waals surface area (Å²) in [6.45, 7) is 6.40. The number of rotatable bonds is 6. The minimum atomic E-state index is -0.00993. The summed E-state index contributed by atoms with van der Waals surface area (Å²) < 4.78 is 0.908. The Morgan fingerprint density at radius 1 is 1.33 bits per heavy atom. The predicted octanol–water partition coefficient (Wildman–Crippen LogP) is 0.620. The minimum Gasteiger partial charge on any atom is -0.318 e. The number of piperazine rings is 1. The molecule has 0 radical (unpaired) electrons.